The van der Waals surface area contributed by atoms with E-state index in [4.69, 9.17) is 0 Å². The van der Waals surface area contributed by atoms with Crippen molar-refractivity contribution in [1.82, 2.24) is 0 Å². The molecule has 0 aliphatic heterocycles. The van der Waals surface area contributed by atoms with E-state index in [1.807, 2.05) is 6.92 Å². The molecule has 0 N–H and O–H groups in total. The molecule has 1 fully saturated rings. The van der Waals surface area contributed by atoms with E-state index in [-0.39, 0.29) is 0 Å². The van der Waals surface area contributed by atoms with E-state index in [0.717, 1.165) is 17.8 Å². The average Bonchev–Trinajstić information content (AvgIpc) is 1.88. The van der Waals surface area contributed by atoms with Gasteiger partial charge in [0.15, 0.2) is 0 Å². The number of rotatable bonds is 2. The van der Waals surface area contributed by atoms with Crippen LogP contribution in [0.3, 0.4) is 0 Å². The fourth-order valence-electron chi connectivity index (χ4n) is 1.70. The monoisotopic (exact) mass is 122 g/mol. The molecule has 0 aromatic heterocycles. The van der Waals surface area contributed by atoms with Crippen LogP contribution in [0.15, 0.2) is 0 Å². The molecule has 3 atom stereocenters. The molecule has 0 nitrogen and oxygen atoms in total. The van der Waals surface area contributed by atoms with Gasteiger partial charge in [-0.1, -0.05) is 0 Å². The van der Waals surface area contributed by atoms with Crippen LogP contribution in [-0.4, -0.2) is 13.4 Å². The first kappa shape index (κ1) is 7.05. The molecule has 1 rings (SSSR count). The molecular formula is C8H15B. The third kappa shape index (κ3) is 1.25. The Morgan fingerprint density at radius 3 is 2.56 bits per heavy atom. The third-order valence-electron chi connectivity index (χ3n) is 2.79. The molecule has 1 aliphatic carbocycles. The standard InChI is InChI=1S/C8H15B/c1-6-4-8(5-9-3)7(6)2/h6-8H,3-5H2,1-2H3. The molecule has 0 amide bonds. The Hall–Kier alpha value is -0.0651. The molecule has 9 heavy (non-hydrogen) atoms. The molecule has 1 aliphatic rings. The van der Waals surface area contributed by atoms with Gasteiger partial charge in [-0.05, 0) is 0 Å². The van der Waals surface area contributed by atoms with E-state index in [1.165, 1.54) is 12.7 Å². The van der Waals surface area contributed by atoms with Crippen molar-refractivity contribution in [2.75, 3.05) is 0 Å². The van der Waals surface area contributed by atoms with Crippen molar-refractivity contribution in [3.63, 3.8) is 0 Å². The summed E-state index contributed by atoms with van der Waals surface area (Å²) in [6.07, 6.45) is 2.65. The molecule has 50 valence electrons. The van der Waals surface area contributed by atoms with Gasteiger partial charge in [0.05, 0.1) is 0 Å². The van der Waals surface area contributed by atoms with Crippen molar-refractivity contribution < 1.29 is 0 Å². The minimum absolute atomic E-state index is 0.947. The molecule has 0 bridgehead atoms. The SMILES string of the molecule is C=BCC1CC(C)C1C. The van der Waals surface area contributed by atoms with Crippen LogP contribution in [-0.2, 0) is 0 Å². The predicted octanol–water partition coefficient (Wildman–Crippen LogP) is 1.83. The zero-order valence-electron chi connectivity index (χ0n) is 6.43. The van der Waals surface area contributed by atoms with Gasteiger partial charge in [-0.15, -0.1) is 0 Å². The second-order valence-corrected chi connectivity index (χ2v) is 3.36. The van der Waals surface area contributed by atoms with Gasteiger partial charge in [0.2, 0.25) is 0 Å². The van der Waals surface area contributed by atoms with Crippen LogP contribution in [0.4, 0.5) is 0 Å². The molecular weight excluding hydrogens is 107 g/mol. The van der Waals surface area contributed by atoms with E-state index in [0.29, 0.717) is 0 Å². The van der Waals surface area contributed by atoms with Gasteiger partial charge in [-0.2, -0.15) is 0 Å². The van der Waals surface area contributed by atoms with E-state index in [9.17, 15) is 0 Å². The molecule has 3 unspecified atom stereocenters. The molecule has 0 aromatic rings. The Balaban J connectivity index is 2.24. The van der Waals surface area contributed by atoms with Crippen LogP contribution in [0.25, 0.3) is 0 Å². The zero-order valence-corrected chi connectivity index (χ0v) is 6.43. The van der Waals surface area contributed by atoms with Crippen molar-refractivity contribution in [3.05, 3.63) is 0 Å². The summed E-state index contributed by atoms with van der Waals surface area (Å²) in [4.78, 5) is 0. The summed E-state index contributed by atoms with van der Waals surface area (Å²) in [6, 6.07) is 0. The van der Waals surface area contributed by atoms with Gasteiger partial charge in [0.1, 0.15) is 0 Å². The summed E-state index contributed by atoms with van der Waals surface area (Å²) in [6.45, 7) is 10.5. The van der Waals surface area contributed by atoms with Crippen molar-refractivity contribution in [1.29, 1.82) is 0 Å². The van der Waals surface area contributed by atoms with Gasteiger partial charge < -0.3 is 0 Å². The Labute approximate surface area is 58.6 Å². The van der Waals surface area contributed by atoms with Gasteiger partial charge in [0.25, 0.3) is 0 Å². The molecule has 0 aromatic carbocycles. The van der Waals surface area contributed by atoms with Gasteiger partial charge >= 0.3 is 57.7 Å². The average molecular weight is 122 g/mol. The Morgan fingerprint density at radius 2 is 2.22 bits per heavy atom. The maximum absolute atomic E-state index is 3.74. The second kappa shape index (κ2) is 2.68. The third-order valence-corrected chi connectivity index (χ3v) is 2.79. The Bertz CT molecular complexity index is 109. The van der Waals surface area contributed by atoms with Crippen LogP contribution >= 0.6 is 0 Å². The molecule has 1 saturated carbocycles. The summed E-state index contributed by atoms with van der Waals surface area (Å²) in [5, 5.41) is 0. The molecule has 0 spiro atoms. The van der Waals surface area contributed by atoms with Crippen molar-refractivity contribution >= 4 is 13.4 Å². The van der Waals surface area contributed by atoms with Crippen molar-refractivity contribution in [2.24, 2.45) is 17.8 Å². The summed E-state index contributed by atoms with van der Waals surface area (Å²) < 4.78 is 0. The van der Waals surface area contributed by atoms with E-state index >= 15 is 0 Å². The first-order valence-electron chi connectivity index (χ1n) is 3.86. The number of hydrogen-bond donors (Lipinski definition) is 0. The summed E-state index contributed by atoms with van der Waals surface area (Å²) in [5.74, 6) is 2.87. The molecule has 1 heteroatoms. The molecule has 0 radical (unpaired) electrons. The minimum atomic E-state index is 0.947. The molecule has 0 saturated heterocycles. The van der Waals surface area contributed by atoms with Crippen LogP contribution < -0.4 is 0 Å². The van der Waals surface area contributed by atoms with E-state index in [1.54, 1.807) is 0 Å². The van der Waals surface area contributed by atoms with Crippen molar-refractivity contribution in [3.8, 4) is 0 Å². The quantitative estimate of drug-likeness (QED) is 0.490. The van der Waals surface area contributed by atoms with Gasteiger partial charge in [-0.3, -0.25) is 0 Å². The fourth-order valence-corrected chi connectivity index (χ4v) is 1.70. The van der Waals surface area contributed by atoms with E-state index < -0.39 is 0 Å². The summed E-state index contributed by atoms with van der Waals surface area (Å²) >= 11 is 0. The molecule has 0 heterocycles. The van der Waals surface area contributed by atoms with Crippen molar-refractivity contribution in [2.45, 2.75) is 26.6 Å². The van der Waals surface area contributed by atoms with Gasteiger partial charge in [-0.25, -0.2) is 0 Å². The fraction of sp³-hybridized carbons (Fsp3) is 0.875. The zero-order chi connectivity index (χ0) is 6.85. The first-order valence-corrected chi connectivity index (χ1v) is 3.86. The Kier molecular flexibility index (Phi) is 2.10. The summed E-state index contributed by atoms with van der Waals surface area (Å²) in [5.41, 5.74) is 0. The topological polar surface area (TPSA) is 0 Å². The van der Waals surface area contributed by atoms with Crippen LogP contribution in [0.2, 0.25) is 6.32 Å². The first-order chi connectivity index (χ1) is 4.25. The summed E-state index contributed by atoms with van der Waals surface area (Å²) in [7, 11) is 0. The van der Waals surface area contributed by atoms with Crippen LogP contribution in [0, 0.1) is 17.8 Å². The van der Waals surface area contributed by atoms with Crippen LogP contribution in [0.5, 0.6) is 0 Å². The maximum atomic E-state index is 3.74. The normalized spacial score (nSPS) is 41.3. The second-order valence-electron chi connectivity index (χ2n) is 3.36. The van der Waals surface area contributed by atoms with Crippen LogP contribution in [0.1, 0.15) is 20.3 Å². The van der Waals surface area contributed by atoms with Gasteiger partial charge in [0, 0.05) is 0 Å². The van der Waals surface area contributed by atoms with E-state index in [2.05, 4.69) is 20.3 Å². The Morgan fingerprint density at radius 1 is 1.56 bits per heavy atom. The number of hydrogen-bond acceptors (Lipinski definition) is 0. The predicted molar refractivity (Wildman–Crippen MR) is 44.1 cm³/mol.